The maximum absolute atomic E-state index is 4.71. The molecule has 0 fully saturated rings. The molecule has 1 unspecified atom stereocenters. The summed E-state index contributed by atoms with van der Waals surface area (Å²) in [5.74, 6) is 0.733. The lowest BCUT2D eigenvalue weighted by atomic mass is 10.1. The summed E-state index contributed by atoms with van der Waals surface area (Å²) >= 11 is 0. The highest BCUT2D eigenvalue weighted by atomic mass is 16.5. The van der Waals surface area contributed by atoms with Gasteiger partial charge >= 0.3 is 0 Å². The maximum Gasteiger partial charge on any atom is 0.124 e. The molecule has 1 N–H and O–H groups in total. The molecule has 0 saturated carbocycles. The van der Waals surface area contributed by atoms with E-state index < -0.39 is 0 Å². The first-order valence-corrected chi connectivity index (χ1v) is 4.43. The predicted octanol–water partition coefficient (Wildman–Crippen LogP) is 1.81. The molecule has 1 heterocycles. The van der Waals surface area contributed by atoms with Crippen molar-refractivity contribution in [2.24, 2.45) is 5.92 Å². The molecule has 1 atom stereocenters. The van der Waals surface area contributed by atoms with Crippen LogP contribution in [0.5, 0.6) is 0 Å². The third-order valence-corrected chi connectivity index (χ3v) is 1.99. The van der Waals surface area contributed by atoms with E-state index in [1.807, 2.05) is 6.07 Å². The van der Waals surface area contributed by atoms with Crippen LogP contribution in [0.2, 0.25) is 0 Å². The Morgan fingerprint density at radius 2 is 2.50 bits per heavy atom. The van der Waals surface area contributed by atoms with Crippen molar-refractivity contribution in [1.82, 2.24) is 10.5 Å². The Morgan fingerprint density at radius 1 is 1.67 bits per heavy atom. The maximum atomic E-state index is 4.71. The topological polar surface area (TPSA) is 38.1 Å². The zero-order chi connectivity index (χ0) is 8.81. The van der Waals surface area contributed by atoms with Crippen LogP contribution in [-0.4, -0.2) is 11.7 Å². The minimum absolute atomic E-state index is 0.733. The van der Waals surface area contributed by atoms with Crippen LogP contribution in [-0.2, 0) is 6.54 Å². The van der Waals surface area contributed by atoms with Gasteiger partial charge in [-0.3, -0.25) is 0 Å². The molecule has 0 aliphatic rings. The molecular formula is C9H16N2O. The van der Waals surface area contributed by atoms with Gasteiger partial charge in [-0.2, -0.15) is 0 Å². The van der Waals surface area contributed by atoms with E-state index in [2.05, 4.69) is 24.3 Å². The van der Waals surface area contributed by atoms with Gasteiger partial charge in [0.1, 0.15) is 6.26 Å². The second kappa shape index (κ2) is 4.93. The molecule has 0 amide bonds. The van der Waals surface area contributed by atoms with Gasteiger partial charge in [0, 0.05) is 12.6 Å². The van der Waals surface area contributed by atoms with Crippen molar-refractivity contribution in [2.45, 2.75) is 26.8 Å². The van der Waals surface area contributed by atoms with E-state index in [0.717, 1.165) is 24.7 Å². The monoisotopic (exact) mass is 168 g/mol. The second-order valence-electron chi connectivity index (χ2n) is 3.14. The zero-order valence-electron chi connectivity index (χ0n) is 7.71. The fraction of sp³-hybridized carbons (Fsp3) is 0.667. The van der Waals surface area contributed by atoms with Crippen LogP contribution in [0.3, 0.4) is 0 Å². The van der Waals surface area contributed by atoms with Crippen molar-refractivity contribution < 1.29 is 4.52 Å². The number of nitrogens with zero attached hydrogens (tertiary/aromatic N) is 1. The number of aromatic nitrogens is 1. The molecule has 68 valence electrons. The van der Waals surface area contributed by atoms with Gasteiger partial charge in [-0.05, 0) is 12.5 Å². The van der Waals surface area contributed by atoms with Gasteiger partial charge in [0.2, 0.25) is 0 Å². The largest absolute Gasteiger partial charge is 0.364 e. The second-order valence-corrected chi connectivity index (χ2v) is 3.14. The minimum Gasteiger partial charge on any atom is -0.364 e. The van der Waals surface area contributed by atoms with E-state index in [0.29, 0.717) is 0 Å². The molecule has 3 nitrogen and oxygen atoms in total. The molecule has 0 saturated heterocycles. The SMILES string of the molecule is CCC(C)CNCc1ccon1. The summed E-state index contributed by atoms with van der Waals surface area (Å²) < 4.78 is 4.71. The molecule has 1 rings (SSSR count). The van der Waals surface area contributed by atoms with Crippen LogP contribution < -0.4 is 5.32 Å². The smallest absolute Gasteiger partial charge is 0.124 e. The minimum atomic E-state index is 0.733. The number of nitrogens with one attached hydrogen (secondary N) is 1. The highest BCUT2D eigenvalue weighted by molar-refractivity contribution is 4.94. The fourth-order valence-electron chi connectivity index (χ4n) is 0.920. The molecule has 0 radical (unpaired) electrons. The van der Waals surface area contributed by atoms with Crippen LogP contribution in [0.4, 0.5) is 0 Å². The van der Waals surface area contributed by atoms with Crippen LogP contribution in [0.1, 0.15) is 26.0 Å². The van der Waals surface area contributed by atoms with E-state index in [1.165, 1.54) is 6.42 Å². The standard InChI is InChI=1S/C9H16N2O/c1-3-8(2)6-10-7-9-4-5-12-11-9/h4-5,8,10H,3,6-7H2,1-2H3. The van der Waals surface area contributed by atoms with E-state index in [9.17, 15) is 0 Å². The van der Waals surface area contributed by atoms with Crippen LogP contribution in [0, 0.1) is 5.92 Å². The predicted molar refractivity (Wildman–Crippen MR) is 47.7 cm³/mol. The third-order valence-electron chi connectivity index (χ3n) is 1.99. The molecule has 3 heteroatoms. The fourth-order valence-corrected chi connectivity index (χ4v) is 0.920. The van der Waals surface area contributed by atoms with Gasteiger partial charge in [-0.15, -0.1) is 0 Å². The lowest BCUT2D eigenvalue weighted by Gasteiger charge is -2.07. The van der Waals surface area contributed by atoms with Crippen LogP contribution in [0.25, 0.3) is 0 Å². The van der Waals surface area contributed by atoms with Gasteiger partial charge in [-0.25, -0.2) is 0 Å². The third kappa shape index (κ3) is 3.05. The van der Waals surface area contributed by atoms with Gasteiger partial charge < -0.3 is 9.84 Å². The average molecular weight is 168 g/mol. The van der Waals surface area contributed by atoms with E-state index in [-0.39, 0.29) is 0 Å². The van der Waals surface area contributed by atoms with Crippen molar-refractivity contribution in [3.63, 3.8) is 0 Å². The van der Waals surface area contributed by atoms with E-state index in [1.54, 1.807) is 6.26 Å². The normalized spacial score (nSPS) is 13.2. The van der Waals surface area contributed by atoms with Crippen molar-refractivity contribution in [3.8, 4) is 0 Å². The Balaban J connectivity index is 2.11. The highest BCUT2D eigenvalue weighted by Gasteiger charge is 1.99. The zero-order valence-corrected chi connectivity index (χ0v) is 7.71. The van der Waals surface area contributed by atoms with Crippen molar-refractivity contribution in [3.05, 3.63) is 18.0 Å². The molecule has 12 heavy (non-hydrogen) atoms. The Bertz CT molecular complexity index is 196. The number of hydrogen-bond donors (Lipinski definition) is 1. The Labute approximate surface area is 73.1 Å². The Kier molecular flexibility index (Phi) is 3.80. The van der Waals surface area contributed by atoms with E-state index >= 15 is 0 Å². The van der Waals surface area contributed by atoms with Crippen molar-refractivity contribution >= 4 is 0 Å². The first-order chi connectivity index (χ1) is 5.83. The summed E-state index contributed by atoms with van der Waals surface area (Å²) in [6.45, 7) is 6.28. The summed E-state index contributed by atoms with van der Waals surface area (Å²) in [5.41, 5.74) is 0.971. The molecule has 0 bridgehead atoms. The molecule has 1 aromatic heterocycles. The summed E-state index contributed by atoms with van der Waals surface area (Å²) in [5, 5.41) is 7.12. The van der Waals surface area contributed by atoms with Gasteiger partial charge in [-0.1, -0.05) is 25.4 Å². The molecule has 1 aromatic rings. The lowest BCUT2D eigenvalue weighted by Crippen LogP contribution is -2.20. The molecule has 0 aliphatic heterocycles. The van der Waals surface area contributed by atoms with Crippen molar-refractivity contribution in [2.75, 3.05) is 6.54 Å². The summed E-state index contributed by atoms with van der Waals surface area (Å²) in [7, 11) is 0. The van der Waals surface area contributed by atoms with Crippen LogP contribution >= 0.6 is 0 Å². The summed E-state index contributed by atoms with van der Waals surface area (Å²) in [6.07, 6.45) is 2.81. The molecule has 0 aromatic carbocycles. The quantitative estimate of drug-likeness (QED) is 0.728. The van der Waals surface area contributed by atoms with Gasteiger partial charge in [0.25, 0.3) is 0 Å². The Morgan fingerprint density at radius 3 is 3.08 bits per heavy atom. The lowest BCUT2D eigenvalue weighted by molar-refractivity contribution is 0.405. The molecule has 0 spiro atoms. The summed E-state index contributed by atoms with van der Waals surface area (Å²) in [6, 6.07) is 1.88. The first kappa shape index (κ1) is 9.26. The molecular weight excluding hydrogens is 152 g/mol. The number of hydrogen-bond acceptors (Lipinski definition) is 3. The van der Waals surface area contributed by atoms with Crippen molar-refractivity contribution in [1.29, 1.82) is 0 Å². The van der Waals surface area contributed by atoms with Crippen LogP contribution in [0.15, 0.2) is 16.9 Å². The number of rotatable bonds is 5. The summed E-state index contributed by atoms with van der Waals surface area (Å²) in [4.78, 5) is 0. The van der Waals surface area contributed by atoms with Gasteiger partial charge in [0.15, 0.2) is 0 Å². The van der Waals surface area contributed by atoms with Gasteiger partial charge in [0.05, 0.1) is 5.69 Å². The molecule has 0 aliphatic carbocycles. The Hall–Kier alpha value is -0.830. The van der Waals surface area contributed by atoms with E-state index in [4.69, 9.17) is 4.52 Å². The average Bonchev–Trinajstić information content (AvgIpc) is 2.57. The first-order valence-electron chi connectivity index (χ1n) is 4.43. The highest BCUT2D eigenvalue weighted by Crippen LogP contribution is 1.98.